The molecule has 9 heteroatoms. The first-order chi connectivity index (χ1) is 9.01. The lowest BCUT2D eigenvalue weighted by molar-refractivity contribution is -0.137. The molecule has 4 nitrogen and oxygen atoms in total. The van der Waals surface area contributed by atoms with E-state index >= 15 is 0 Å². The fourth-order valence-electron chi connectivity index (χ4n) is 1.42. The van der Waals surface area contributed by atoms with Gasteiger partial charge in [0, 0.05) is 19.6 Å². The zero-order valence-corrected chi connectivity index (χ0v) is 12.4. The summed E-state index contributed by atoms with van der Waals surface area (Å²) >= 11 is 5.72. The van der Waals surface area contributed by atoms with Gasteiger partial charge in [-0.2, -0.15) is 17.5 Å². The van der Waals surface area contributed by atoms with Gasteiger partial charge < -0.3 is 5.73 Å². The molecule has 1 atom stereocenters. The van der Waals surface area contributed by atoms with Crippen molar-refractivity contribution < 1.29 is 21.6 Å². The summed E-state index contributed by atoms with van der Waals surface area (Å²) in [5.41, 5.74) is 4.29. The third-order valence-electron chi connectivity index (χ3n) is 2.88. The molecule has 0 saturated heterocycles. The molecule has 1 aromatic carbocycles. The second-order valence-electron chi connectivity index (χ2n) is 4.25. The summed E-state index contributed by atoms with van der Waals surface area (Å²) in [6.07, 6.45) is -4.65. The van der Waals surface area contributed by atoms with Gasteiger partial charge in [-0.15, -0.1) is 0 Å². The molecular formula is C11H14ClF3N2O2S. The maximum atomic E-state index is 12.6. The standard InChI is InChI=1S/C11H14ClF3N2O2S/c1-7(6-16)17(2)20(18,19)10-5-8(11(13,14)15)3-4-9(10)12/h3-5,7H,6,16H2,1-2H3. The molecule has 2 N–H and O–H groups in total. The van der Waals surface area contributed by atoms with Crippen LogP contribution in [0.4, 0.5) is 13.2 Å². The number of alkyl halides is 3. The van der Waals surface area contributed by atoms with Crippen LogP contribution in [0.1, 0.15) is 12.5 Å². The zero-order valence-electron chi connectivity index (χ0n) is 10.8. The molecule has 0 aliphatic carbocycles. The Kier molecular flexibility index (Phi) is 5.07. The van der Waals surface area contributed by atoms with Crippen molar-refractivity contribution in [3.05, 3.63) is 28.8 Å². The third-order valence-corrected chi connectivity index (χ3v) is 5.33. The van der Waals surface area contributed by atoms with Crippen LogP contribution in [-0.4, -0.2) is 32.4 Å². The van der Waals surface area contributed by atoms with Crippen molar-refractivity contribution in [2.24, 2.45) is 5.73 Å². The van der Waals surface area contributed by atoms with E-state index in [0.29, 0.717) is 6.07 Å². The Morgan fingerprint density at radius 1 is 1.40 bits per heavy atom. The largest absolute Gasteiger partial charge is 0.416 e. The molecule has 0 aromatic heterocycles. The van der Waals surface area contributed by atoms with Crippen molar-refractivity contribution in [2.75, 3.05) is 13.6 Å². The smallest absolute Gasteiger partial charge is 0.329 e. The number of hydrogen-bond acceptors (Lipinski definition) is 3. The average molecular weight is 331 g/mol. The summed E-state index contributed by atoms with van der Waals surface area (Å²) in [4.78, 5) is -0.586. The Bertz CT molecular complexity index is 590. The first kappa shape index (κ1) is 17.2. The minimum absolute atomic E-state index is 0.0340. The van der Waals surface area contributed by atoms with Crippen LogP contribution in [0.3, 0.4) is 0 Å². The first-order valence-corrected chi connectivity index (χ1v) is 7.38. The lowest BCUT2D eigenvalue weighted by Crippen LogP contribution is -2.39. The fourth-order valence-corrected chi connectivity index (χ4v) is 3.29. The number of rotatable bonds is 4. The van der Waals surface area contributed by atoms with Crippen molar-refractivity contribution in [1.29, 1.82) is 0 Å². The molecule has 0 aliphatic rings. The normalized spacial score (nSPS) is 14.6. The summed E-state index contributed by atoms with van der Waals surface area (Å²) in [6, 6.07) is 1.61. The maximum absolute atomic E-state index is 12.6. The molecule has 0 radical (unpaired) electrons. The molecule has 0 spiro atoms. The highest BCUT2D eigenvalue weighted by atomic mass is 35.5. The minimum atomic E-state index is -4.65. The molecule has 114 valence electrons. The molecule has 20 heavy (non-hydrogen) atoms. The second kappa shape index (κ2) is 5.88. The summed E-state index contributed by atoms with van der Waals surface area (Å²) in [5, 5.41) is -0.269. The third kappa shape index (κ3) is 3.43. The Labute approximate surface area is 120 Å². The molecule has 0 bridgehead atoms. The van der Waals surface area contributed by atoms with Crippen molar-refractivity contribution in [3.63, 3.8) is 0 Å². The monoisotopic (exact) mass is 330 g/mol. The van der Waals surface area contributed by atoms with E-state index in [9.17, 15) is 21.6 Å². The number of halogens is 4. The minimum Gasteiger partial charge on any atom is -0.329 e. The van der Waals surface area contributed by atoms with Crippen LogP contribution in [0.25, 0.3) is 0 Å². The SMILES string of the molecule is CC(CN)N(C)S(=O)(=O)c1cc(C(F)(F)F)ccc1Cl. The molecule has 0 aliphatic heterocycles. The molecule has 1 rings (SSSR count). The number of nitrogens with zero attached hydrogens (tertiary/aromatic N) is 1. The summed E-state index contributed by atoms with van der Waals surface area (Å²) < 4.78 is 63.3. The van der Waals surface area contributed by atoms with Crippen LogP contribution in [0.5, 0.6) is 0 Å². The van der Waals surface area contributed by atoms with Gasteiger partial charge in [0.15, 0.2) is 0 Å². The number of sulfonamides is 1. The quantitative estimate of drug-likeness (QED) is 0.921. The molecule has 0 amide bonds. The molecule has 0 heterocycles. The van der Waals surface area contributed by atoms with Gasteiger partial charge >= 0.3 is 6.18 Å². The van der Waals surface area contributed by atoms with Crippen molar-refractivity contribution in [1.82, 2.24) is 4.31 Å². The van der Waals surface area contributed by atoms with E-state index in [2.05, 4.69) is 0 Å². The van der Waals surface area contributed by atoms with Crippen molar-refractivity contribution in [2.45, 2.75) is 24.0 Å². The lowest BCUT2D eigenvalue weighted by atomic mass is 10.2. The molecular weight excluding hydrogens is 317 g/mol. The topological polar surface area (TPSA) is 63.4 Å². The van der Waals surface area contributed by atoms with Crippen molar-refractivity contribution in [3.8, 4) is 0 Å². The highest BCUT2D eigenvalue weighted by Gasteiger charge is 2.34. The first-order valence-electron chi connectivity index (χ1n) is 5.56. The molecule has 1 aromatic rings. The van der Waals surface area contributed by atoms with Crippen molar-refractivity contribution >= 4 is 21.6 Å². The van der Waals surface area contributed by atoms with Crippen LogP contribution in [0, 0.1) is 0 Å². The predicted molar refractivity (Wildman–Crippen MR) is 69.9 cm³/mol. The van der Waals surface area contributed by atoms with E-state index < -0.39 is 32.7 Å². The van der Waals surface area contributed by atoms with E-state index in [1.807, 2.05) is 0 Å². The molecule has 1 unspecified atom stereocenters. The Balaban J connectivity index is 3.39. The Morgan fingerprint density at radius 2 is 1.95 bits per heavy atom. The van der Waals surface area contributed by atoms with E-state index in [-0.39, 0.29) is 11.6 Å². The van der Waals surface area contributed by atoms with Crippen LogP contribution in [-0.2, 0) is 16.2 Å². The van der Waals surface area contributed by atoms with Gasteiger partial charge in [-0.25, -0.2) is 8.42 Å². The fraction of sp³-hybridized carbons (Fsp3) is 0.455. The van der Waals surface area contributed by atoms with E-state index in [1.54, 1.807) is 6.92 Å². The Morgan fingerprint density at radius 3 is 2.40 bits per heavy atom. The van der Waals surface area contributed by atoms with Gasteiger partial charge in [0.2, 0.25) is 10.0 Å². The summed E-state index contributed by atoms with van der Waals surface area (Å²) in [7, 11) is -2.90. The predicted octanol–water partition coefficient (Wildman–Crippen LogP) is 2.33. The molecule has 0 fully saturated rings. The van der Waals surface area contributed by atoms with Gasteiger partial charge in [0.25, 0.3) is 0 Å². The van der Waals surface area contributed by atoms with Gasteiger partial charge in [-0.05, 0) is 25.1 Å². The van der Waals surface area contributed by atoms with Gasteiger partial charge in [0.1, 0.15) is 4.90 Å². The van der Waals surface area contributed by atoms with Gasteiger partial charge in [-0.3, -0.25) is 0 Å². The molecule has 0 saturated carbocycles. The van der Waals surface area contributed by atoms with Crippen LogP contribution < -0.4 is 5.73 Å². The highest BCUT2D eigenvalue weighted by Crippen LogP contribution is 2.34. The van der Waals surface area contributed by atoms with E-state index in [1.165, 1.54) is 7.05 Å². The number of nitrogens with two attached hydrogens (primary N) is 1. The van der Waals surface area contributed by atoms with Gasteiger partial charge in [-0.1, -0.05) is 11.6 Å². The average Bonchev–Trinajstić information content (AvgIpc) is 2.35. The zero-order chi connectivity index (χ0) is 15.7. The Hall–Kier alpha value is -0.830. The van der Waals surface area contributed by atoms with E-state index in [4.69, 9.17) is 17.3 Å². The van der Waals surface area contributed by atoms with Crippen LogP contribution in [0.2, 0.25) is 5.02 Å². The number of likely N-dealkylation sites (N-methyl/N-ethyl adjacent to an activating group) is 1. The van der Waals surface area contributed by atoms with Gasteiger partial charge in [0.05, 0.1) is 10.6 Å². The highest BCUT2D eigenvalue weighted by molar-refractivity contribution is 7.89. The number of benzene rings is 1. The van der Waals surface area contributed by atoms with Crippen LogP contribution in [0.15, 0.2) is 23.1 Å². The summed E-state index contributed by atoms with van der Waals surface area (Å²) in [5.74, 6) is 0. The number of hydrogen-bond donors (Lipinski definition) is 1. The van der Waals surface area contributed by atoms with Crippen LogP contribution >= 0.6 is 11.6 Å². The lowest BCUT2D eigenvalue weighted by Gasteiger charge is -2.24. The maximum Gasteiger partial charge on any atom is 0.416 e. The second-order valence-corrected chi connectivity index (χ2v) is 6.62. The van der Waals surface area contributed by atoms with E-state index in [0.717, 1.165) is 16.4 Å². The summed E-state index contributed by atoms with van der Waals surface area (Å²) in [6.45, 7) is 1.57.